The Balaban J connectivity index is 0.00000264. The third-order valence-electron chi connectivity index (χ3n) is 3.95. The average Bonchev–Trinajstić information content (AvgIpc) is 2.59. The Labute approximate surface area is 155 Å². The molecule has 1 atom stereocenters. The van der Waals surface area contributed by atoms with E-state index in [2.05, 4.69) is 16.3 Å². The summed E-state index contributed by atoms with van der Waals surface area (Å²) in [6.07, 6.45) is 0.429. The molecule has 1 aliphatic heterocycles. The molecule has 24 heavy (non-hydrogen) atoms. The van der Waals surface area contributed by atoms with Crippen molar-refractivity contribution >= 4 is 24.8 Å². The molecular weight excluding hydrogens is 353 g/mol. The van der Waals surface area contributed by atoms with E-state index in [9.17, 15) is 5.26 Å². The highest BCUT2D eigenvalue weighted by atomic mass is 35.5. The number of nitrogens with zero attached hydrogens (tertiary/aromatic N) is 2. The molecule has 136 valence electrons. The van der Waals surface area contributed by atoms with Crippen molar-refractivity contribution in [2.45, 2.75) is 12.5 Å². The zero-order valence-electron chi connectivity index (χ0n) is 14.2. The van der Waals surface area contributed by atoms with Crippen molar-refractivity contribution in [3.05, 3.63) is 17.7 Å². The molecular formula is C16H25Cl2N3O3. The van der Waals surface area contributed by atoms with E-state index < -0.39 is 0 Å². The molecule has 0 bridgehead atoms. The summed E-state index contributed by atoms with van der Waals surface area (Å²) in [5.74, 6) is 1.81. The maximum absolute atomic E-state index is 9.20. The Kier molecular flexibility index (Phi) is 10.6. The smallest absolute Gasteiger partial charge is 0.203 e. The second-order valence-electron chi connectivity index (χ2n) is 5.12. The van der Waals surface area contributed by atoms with E-state index in [0.29, 0.717) is 23.7 Å². The Morgan fingerprint density at radius 1 is 1.08 bits per heavy atom. The van der Waals surface area contributed by atoms with Crippen LogP contribution < -0.4 is 19.5 Å². The van der Waals surface area contributed by atoms with Crippen LogP contribution in [0.4, 0.5) is 0 Å². The van der Waals surface area contributed by atoms with Crippen LogP contribution in [0.5, 0.6) is 17.2 Å². The van der Waals surface area contributed by atoms with Gasteiger partial charge in [0.1, 0.15) is 0 Å². The summed E-state index contributed by atoms with van der Waals surface area (Å²) in [4.78, 5) is 2.32. The largest absolute Gasteiger partial charge is 0.493 e. The molecule has 6 nitrogen and oxygen atoms in total. The quantitative estimate of drug-likeness (QED) is 0.820. The van der Waals surface area contributed by atoms with Crippen LogP contribution in [-0.2, 0) is 0 Å². The van der Waals surface area contributed by atoms with Gasteiger partial charge in [0.25, 0.3) is 0 Å². The molecule has 1 N–H and O–H groups in total. The predicted molar refractivity (Wildman–Crippen MR) is 98.0 cm³/mol. The molecule has 0 unspecified atom stereocenters. The van der Waals surface area contributed by atoms with Crippen LogP contribution in [-0.4, -0.2) is 52.4 Å². The van der Waals surface area contributed by atoms with E-state index in [1.807, 2.05) is 12.1 Å². The second-order valence-corrected chi connectivity index (χ2v) is 5.12. The lowest BCUT2D eigenvalue weighted by atomic mass is 10.0. The van der Waals surface area contributed by atoms with Crippen molar-refractivity contribution in [3.8, 4) is 23.3 Å². The molecule has 0 aliphatic carbocycles. The number of hydrogen-bond donors (Lipinski definition) is 1. The SMILES string of the molecule is COc1cc([C@H](CC#N)N2CCNCC2)cc(OC)c1OC.Cl.Cl. The first kappa shape index (κ1) is 22.6. The minimum absolute atomic E-state index is 0. The summed E-state index contributed by atoms with van der Waals surface area (Å²) in [7, 11) is 4.79. The first-order valence-corrected chi connectivity index (χ1v) is 7.36. The fraction of sp³-hybridized carbons (Fsp3) is 0.562. The van der Waals surface area contributed by atoms with Crippen LogP contribution in [0.2, 0.25) is 0 Å². The Hall–Kier alpha value is -1.39. The highest BCUT2D eigenvalue weighted by Gasteiger charge is 2.25. The molecule has 1 saturated heterocycles. The molecule has 1 aromatic carbocycles. The van der Waals surface area contributed by atoms with Gasteiger partial charge in [-0.25, -0.2) is 0 Å². The van der Waals surface area contributed by atoms with E-state index in [1.54, 1.807) is 21.3 Å². The van der Waals surface area contributed by atoms with Crippen molar-refractivity contribution in [2.24, 2.45) is 0 Å². The molecule has 0 radical (unpaired) electrons. The number of nitriles is 1. The van der Waals surface area contributed by atoms with Crippen molar-refractivity contribution in [1.29, 1.82) is 5.26 Å². The minimum atomic E-state index is 0. The standard InChI is InChI=1S/C16H23N3O3.2ClH/c1-20-14-10-12(11-15(21-2)16(14)22-3)13(4-5-17)19-8-6-18-7-9-19;;/h10-11,13,18H,4,6-9H2,1-3H3;2*1H/t13-;;/m0../s1. The van der Waals surface area contributed by atoms with Gasteiger partial charge in [-0.3, -0.25) is 4.90 Å². The lowest BCUT2D eigenvalue weighted by Gasteiger charge is -2.34. The van der Waals surface area contributed by atoms with Crippen molar-refractivity contribution < 1.29 is 14.2 Å². The van der Waals surface area contributed by atoms with Gasteiger partial charge in [-0.05, 0) is 17.7 Å². The zero-order valence-corrected chi connectivity index (χ0v) is 15.8. The van der Waals surface area contributed by atoms with E-state index in [0.717, 1.165) is 31.7 Å². The summed E-state index contributed by atoms with van der Waals surface area (Å²) >= 11 is 0. The normalized spacial score (nSPS) is 15.2. The molecule has 1 aliphatic rings. The van der Waals surface area contributed by atoms with Gasteiger partial charge in [-0.1, -0.05) is 0 Å². The van der Waals surface area contributed by atoms with E-state index in [-0.39, 0.29) is 30.9 Å². The molecule has 8 heteroatoms. The van der Waals surface area contributed by atoms with Crippen LogP contribution >= 0.6 is 24.8 Å². The summed E-state index contributed by atoms with van der Waals surface area (Å²) in [6, 6.07) is 6.19. The molecule has 0 aromatic heterocycles. The number of ether oxygens (including phenoxy) is 3. The predicted octanol–water partition coefficient (Wildman–Crippen LogP) is 2.42. The lowest BCUT2D eigenvalue weighted by Crippen LogP contribution is -2.45. The first-order valence-electron chi connectivity index (χ1n) is 7.36. The number of piperazine rings is 1. The van der Waals surface area contributed by atoms with Gasteiger partial charge < -0.3 is 19.5 Å². The Morgan fingerprint density at radius 2 is 1.62 bits per heavy atom. The lowest BCUT2D eigenvalue weighted by molar-refractivity contribution is 0.175. The molecule has 0 amide bonds. The monoisotopic (exact) mass is 377 g/mol. The fourth-order valence-electron chi connectivity index (χ4n) is 2.83. The molecule has 2 rings (SSSR count). The maximum atomic E-state index is 9.20. The summed E-state index contributed by atoms with van der Waals surface area (Å²) in [5.41, 5.74) is 1.01. The number of methoxy groups -OCH3 is 3. The van der Waals surface area contributed by atoms with Gasteiger partial charge in [0, 0.05) is 32.2 Å². The van der Waals surface area contributed by atoms with E-state index >= 15 is 0 Å². The zero-order chi connectivity index (χ0) is 15.9. The van der Waals surface area contributed by atoms with Crippen molar-refractivity contribution in [3.63, 3.8) is 0 Å². The van der Waals surface area contributed by atoms with Gasteiger partial charge >= 0.3 is 0 Å². The van der Waals surface area contributed by atoms with Gasteiger partial charge in [-0.15, -0.1) is 24.8 Å². The van der Waals surface area contributed by atoms with Crippen LogP contribution in [0.1, 0.15) is 18.0 Å². The number of nitrogens with one attached hydrogen (secondary N) is 1. The second kappa shape index (κ2) is 11.2. The van der Waals surface area contributed by atoms with Gasteiger partial charge in [-0.2, -0.15) is 5.26 Å². The fourth-order valence-corrected chi connectivity index (χ4v) is 2.83. The van der Waals surface area contributed by atoms with Gasteiger partial charge in [0.2, 0.25) is 5.75 Å². The van der Waals surface area contributed by atoms with Gasteiger partial charge in [0.15, 0.2) is 11.5 Å². The molecule has 0 saturated carbocycles. The third kappa shape index (κ3) is 5.05. The summed E-state index contributed by atoms with van der Waals surface area (Å²) in [6.45, 7) is 3.71. The van der Waals surface area contributed by atoms with Crippen LogP contribution in [0, 0.1) is 11.3 Å². The van der Waals surface area contributed by atoms with Crippen LogP contribution in [0.3, 0.4) is 0 Å². The molecule has 1 heterocycles. The van der Waals surface area contributed by atoms with Crippen LogP contribution in [0.15, 0.2) is 12.1 Å². The van der Waals surface area contributed by atoms with E-state index in [4.69, 9.17) is 14.2 Å². The Bertz CT molecular complexity index is 521. The maximum Gasteiger partial charge on any atom is 0.203 e. The van der Waals surface area contributed by atoms with E-state index in [1.165, 1.54) is 0 Å². The number of rotatable bonds is 6. The van der Waals surface area contributed by atoms with Crippen molar-refractivity contribution in [1.82, 2.24) is 10.2 Å². The molecule has 1 fully saturated rings. The third-order valence-corrected chi connectivity index (χ3v) is 3.95. The average molecular weight is 378 g/mol. The van der Waals surface area contributed by atoms with Crippen LogP contribution in [0.25, 0.3) is 0 Å². The number of benzene rings is 1. The summed E-state index contributed by atoms with van der Waals surface area (Å²) < 4.78 is 16.2. The Morgan fingerprint density at radius 3 is 2.04 bits per heavy atom. The highest BCUT2D eigenvalue weighted by molar-refractivity contribution is 5.85. The summed E-state index contributed by atoms with van der Waals surface area (Å²) in [5, 5.41) is 12.5. The van der Waals surface area contributed by atoms with Gasteiger partial charge in [0.05, 0.1) is 33.8 Å². The topological polar surface area (TPSA) is 66.8 Å². The highest BCUT2D eigenvalue weighted by Crippen LogP contribution is 2.41. The number of hydrogen-bond acceptors (Lipinski definition) is 6. The molecule has 0 spiro atoms. The first-order chi connectivity index (χ1) is 10.7. The van der Waals surface area contributed by atoms with Crippen molar-refractivity contribution in [2.75, 3.05) is 47.5 Å². The molecule has 1 aromatic rings. The minimum Gasteiger partial charge on any atom is -0.493 e. The number of halogens is 2.